The van der Waals surface area contributed by atoms with Crippen molar-refractivity contribution in [2.45, 2.75) is 158 Å². The number of aromatic carboxylic acids is 1. The van der Waals surface area contributed by atoms with Gasteiger partial charge in [-0.2, -0.15) is 0 Å². The minimum absolute atomic E-state index is 0.0193. The van der Waals surface area contributed by atoms with Crippen molar-refractivity contribution in [3.63, 3.8) is 0 Å². The summed E-state index contributed by atoms with van der Waals surface area (Å²) in [4.78, 5) is 111. The van der Waals surface area contributed by atoms with Crippen molar-refractivity contribution >= 4 is 120 Å². The van der Waals surface area contributed by atoms with Gasteiger partial charge in [0.25, 0.3) is 0 Å². The third-order valence-corrected chi connectivity index (χ3v) is 11.7. The number of azide groups is 1. The standard InChI is InChI=1S/C11H17BrN4O4.C11H16N4O4.C10H14N4O4.C9H13BrN4O2.C7H14N4O2.C4H3BrO2/c1-11(2,3)20-10(18)13-5-6-16-8(12)7(14-15-16)9(17)19-4;1-11(2,3)19-10(17)14-5-6-15-8(14)7(12-13-15)9(16)18-4;1-10(2,3)18-9(17)13-4-5-14-7(13)6(8(15)16)11-12-14;1-9(2,3)16-8(15)13-4-5-14-7(13)6(10)11-12-14;1-7(2,3)13-6(12)9-4-5-10-11-8;1-7-4(6)2-3-5/h5-6H2,1-4H3,(H,13,18);5-6H2,1-4H3;4-5H2,1-3H3,(H,15,16);4-5H2,1-3H3;4-5H2,1-3H3,(H,9,12);1H3. The van der Waals surface area contributed by atoms with Gasteiger partial charge in [-0.1, -0.05) is 26.0 Å². The van der Waals surface area contributed by atoms with Gasteiger partial charge in [0.1, 0.15) is 32.6 Å². The quantitative estimate of drug-likeness (QED) is 0.0288. The number of hydrogen-bond acceptors (Lipinski definition) is 26. The average molecular weight is 1510 g/mol. The molecule has 0 aromatic carbocycles. The fourth-order valence-electron chi connectivity index (χ4n) is 6.79. The summed E-state index contributed by atoms with van der Waals surface area (Å²) in [7, 11) is 3.79. The summed E-state index contributed by atoms with van der Waals surface area (Å²) in [5.41, 5.74) is 5.02. The van der Waals surface area contributed by atoms with Gasteiger partial charge in [-0.15, -0.1) is 20.4 Å². The molecule has 4 aromatic rings. The molecular weight excluding hydrogens is 1430 g/mol. The van der Waals surface area contributed by atoms with Crippen LogP contribution in [0, 0.1) is 10.8 Å². The maximum Gasteiger partial charge on any atom is 0.416 e. The third-order valence-electron chi connectivity index (χ3n) is 10.2. The van der Waals surface area contributed by atoms with Crippen LogP contribution in [0.2, 0.25) is 0 Å². The lowest BCUT2D eigenvalue weighted by Crippen LogP contribution is -2.36. The number of anilines is 3. The van der Waals surface area contributed by atoms with Crippen molar-refractivity contribution in [2.24, 2.45) is 5.11 Å². The number of esters is 3. The molecule has 0 saturated heterocycles. The fraction of sp³-hybridized carbons (Fsp3) is 0.635. The average Bonchev–Trinajstić information content (AvgIpc) is 1.70. The maximum atomic E-state index is 12.1. The molecule has 38 nitrogen and oxygen atoms in total. The maximum absolute atomic E-state index is 12.1. The van der Waals surface area contributed by atoms with Gasteiger partial charge in [-0.3, -0.25) is 14.7 Å². The highest BCUT2D eigenvalue weighted by Gasteiger charge is 2.38. The minimum atomic E-state index is -1.22. The predicted octanol–water partition coefficient (Wildman–Crippen LogP) is 7.04. The predicted molar refractivity (Wildman–Crippen MR) is 337 cm³/mol. The van der Waals surface area contributed by atoms with E-state index in [0.717, 1.165) is 0 Å². The lowest BCUT2D eigenvalue weighted by atomic mass is 10.2. The highest BCUT2D eigenvalue weighted by molar-refractivity contribution is 9.12. The van der Waals surface area contributed by atoms with Crippen molar-refractivity contribution in [3.05, 3.63) is 36.7 Å². The van der Waals surface area contributed by atoms with E-state index in [1.54, 1.807) is 87.8 Å². The molecule has 7 heterocycles. The van der Waals surface area contributed by atoms with E-state index in [1.807, 2.05) is 20.8 Å². The Hall–Kier alpha value is -8.90. The molecule has 93 heavy (non-hydrogen) atoms. The zero-order valence-corrected chi connectivity index (χ0v) is 59.4. The van der Waals surface area contributed by atoms with Crippen LogP contribution in [-0.4, -0.2) is 208 Å². The molecule has 0 aliphatic carbocycles. The number of carbonyl (C=O) groups excluding carboxylic acids is 8. The van der Waals surface area contributed by atoms with E-state index in [-0.39, 0.29) is 42.1 Å². The van der Waals surface area contributed by atoms with Gasteiger partial charge in [0.15, 0.2) is 22.1 Å². The van der Waals surface area contributed by atoms with Crippen LogP contribution in [0.25, 0.3) is 10.4 Å². The Labute approximate surface area is 559 Å². The van der Waals surface area contributed by atoms with Gasteiger partial charge in [0.05, 0.1) is 67.1 Å². The Morgan fingerprint density at radius 3 is 1.30 bits per heavy atom. The van der Waals surface area contributed by atoms with E-state index in [2.05, 4.69) is 135 Å². The largest absolute Gasteiger partial charge is 0.476 e. The summed E-state index contributed by atoms with van der Waals surface area (Å²) in [6.45, 7) is 30.7. The molecule has 0 spiro atoms. The number of rotatable bonds is 9. The van der Waals surface area contributed by atoms with Crippen LogP contribution in [0.15, 0.2) is 14.3 Å². The topological polar surface area (TPSA) is 453 Å². The van der Waals surface area contributed by atoms with Gasteiger partial charge in [-0.25, -0.2) is 61.9 Å². The molecule has 514 valence electrons. The number of carbonyl (C=O) groups is 9. The second-order valence-corrected chi connectivity index (χ2v) is 25.5. The SMILES string of the molecule is CC(C)(C)OC(=O)N1CCn2nnc(Br)c21.CC(C)(C)OC(=O)N1CCn2nnc(C(=O)O)c21.CC(C)(C)OC(=O)NCCN=[N+]=[N-].COC(=O)C#CBr.COC(=O)c1nnn(CCNC(=O)OC(C)(C)C)c1Br.COC(=O)c1nnn2c1N(C(=O)OC(C)(C)C)CC2. The Bertz CT molecular complexity index is 3370. The molecular formula is C52H77Br3N20O18. The number of methoxy groups -OCH3 is 3. The summed E-state index contributed by atoms with van der Waals surface area (Å²) in [5, 5.41) is 47.2. The first-order valence-corrected chi connectivity index (χ1v) is 30.0. The van der Waals surface area contributed by atoms with Crippen LogP contribution < -0.4 is 25.3 Å². The molecule has 0 saturated carbocycles. The van der Waals surface area contributed by atoms with Crippen molar-refractivity contribution < 1.29 is 86.2 Å². The van der Waals surface area contributed by atoms with E-state index >= 15 is 0 Å². The van der Waals surface area contributed by atoms with Crippen LogP contribution in [0.4, 0.5) is 41.4 Å². The van der Waals surface area contributed by atoms with Gasteiger partial charge in [-0.05, 0) is 146 Å². The van der Waals surface area contributed by atoms with Crippen LogP contribution >= 0.6 is 47.8 Å². The summed E-state index contributed by atoms with van der Waals surface area (Å²) in [6, 6.07) is 0. The molecule has 0 bridgehead atoms. The fourth-order valence-corrected chi connectivity index (χ4v) is 7.93. The molecule has 0 fully saturated rings. The first-order valence-electron chi connectivity index (χ1n) is 27.6. The number of alkyl carbamates (subject to hydrolysis) is 2. The number of halogens is 3. The van der Waals surface area contributed by atoms with Gasteiger partial charge in [0, 0.05) is 46.4 Å². The van der Waals surface area contributed by atoms with E-state index in [4.69, 9.17) is 34.3 Å². The number of fused-ring (bicyclic) bond motifs is 3. The Kier molecular flexibility index (Phi) is 30.9. The zero-order chi connectivity index (χ0) is 71.0. The molecule has 3 aliphatic rings. The molecule has 0 atom stereocenters. The second-order valence-electron chi connectivity index (χ2n) is 23.6. The van der Waals surface area contributed by atoms with Crippen LogP contribution in [0.1, 0.15) is 135 Å². The van der Waals surface area contributed by atoms with E-state index < -0.39 is 76.3 Å². The van der Waals surface area contributed by atoms with Crippen LogP contribution in [0.5, 0.6) is 0 Å². The zero-order valence-electron chi connectivity index (χ0n) is 54.6. The number of hydrogen-bond donors (Lipinski definition) is 3. The van der Waals surface area contributed by atoms with Crippen LogP contribution in [0.3, 0.4) is 0 Å². The molecule has 0 unspecified atom stereocenters. The van der Waals surface area contributed by atoms with Gasteiger partial charge in [0.2, 0.25) is 17.1 Å². The van der Waals surface area contributed by atoms with Gasteiger partial charge < -0.3 is 53.6 Å². The smallest absolute Gasteiger partial charge is 0.416 e. The Balaban J connectivity index is 0.000000388. The third kappa shape index (κ3) is 27.8. The van der Waals surface area contributed by atoms with Crippen molar-refractivity contribution in [3.8, 4) is 10.8 Å². The van der Waals surface area contributed by atoms with Crippen molar-refractivity contribution in [2.75, 3.05) is 75.3 Å². The van der Waals surface area contributed by atoms with Crippen molar-refractivity contribution in [1.82, 2.24) is 70.6 Å². The summed E-state index contributed by atoms with van der Waals surface area (Å²) in [6.07, 6.45) is -2.50. The highest BCUT2D eigenvalue weighted by Crippen LogP contribution is 2.30. The number of carboxylic acid groups (broad SMARTS) is 1. The van der Waals surface area contributed by atoms with E-state index in [9.17, 15) is 43.2 Å². The Morgan fingerprint density at radius 1 is 0.538 bits per heavy atom. The number of aromatic nitrogens is 12. The monoisotopic (exact) mass is 1510 g/mol. The molecule has 5 amide bonds. The van der Waals surface area contributed by atoms with Crippen molar-refractivity contribution in [1.29, 1.82) is 0 Å². The minimum Gasteiger partial charge on any atom is -0.476 e. The first-order chi connectivity index (χ1) is 43.0. The summed E-state index contributed by atoms with van der Waals surface area (Å²) >= 11 is 9.19. The van der Waals surface area contributed by atoms with E-state index in [1.165, 1.54) is 50.1 Å². The molecule has 3 aliphatic heterocycles. The number of ether oxygens (including phenoxy) is 8. The number of nitrogens with one attached hydrogen (secondary N) is 2. The normalized spacial score (nSPS) is 12.5. The highest BCUT2D eigenvalue weighted by atomic mass is 79.9. The second kappa shape index (κ2) is 35.8. The molecule has 0 radical (unpaired) electrons. The summed E-state index contributed by atoms with van der Waals surface area (Å²) in [5.74, 6) is 0.305. The van der Waals surface area contributed by atoms with Crippen LogP contribution in [-0.2, 0) is 68.9 Å². The molecule has 41 heteroatoms. The molecule has 7 rings (SSSR count). The number of nitrogens with zero attached hydrogens (tertiary/aromatic N) is 18. The number of amides is 5. The lowest BCUT2D eigenvalue weighted by Gasteiger charge is -2.23. The van der Waals surface area contributed by atoms with E-state index in [0.29, 0.717) is 73.2 Å². The first kappa shape index (κ1) is 80.2. The number of carboxylic acids is 1. The van der Waals surface area contributed by atoms with Gasteiger partial charge >= 0.3 is 54.3 Å². The lowest BCUT2D eigenvalue weighted by molar-refractivity contribution is -0.133. The molecule has 4 aromatic heterocycles. The Morgan fingerprint density at radius 2 is 0.914 bits per heavy atom. The summed E-state index contributed by atoms with van der Waals surface area (Å²) < 4.78 is 46.1. The molecule has 3 N–H and O–H groups in total.